The summed E-state index contributed by atoms with van der Waals surface area (Å²) in [7, 11) is 0. The summed E-state index contributed by atoms with van der Waals surface area (Å²) in [4.78, 5) is 11.1. The van der Waals surface area contributed by atoms with Gasteiger partial charge in [-0.3, -0.25) is 0 Å². The Hall–Kier alpha value is -1.42. The van der Waals surface area contributed by atoms with Crippen molar-refractivity contribution in [3.63, 3.8) is 0 Å². The van der Waals surface area contributed by atoms with Gasteiger partial charge in [0.25, 0.3) is 0 Å². The molecular formula is C9H12ClN3O. The van der Waals surface area contributed by atoms with Crippen molar-refractivity contribution in [3.05, 3.63) is 23.2 Å². The van der Waals surface area contributed by atoms with Gasteiger partial charge in [-0.05, 0) is 25.1 Å². The Morgan fingerprint density at radius 3 is 2.86 bits per heavy atom. The third-order valence-electron chi connectivity index (χ3n) is 1.60. The molecule has 0 saturated carbocycles. The van der Waals surface area contributed by atoms with E-state index in [9.17, 15) is 4.79 Å². The second kappa shape index (κ2) is 4.72. The minimum absolute atomic E-state index is 0.256. The van der Waals surface area contributed by atoms with E-state index < -0.39 is 0 Å². The Bertz CT molecular complexity index is 341. The van der Waals surface area contributed by atoms with Gasteiger partial charge in [-0.1, -0.05) is 11.6 Å². The van der Waals surface area contributed by atoms with Gasteiger partial charge in [-0.25, -0.2) is 4.79 Å². The topological polar surface area (TPSA) is 67.2 Å². The highest BCUT2D eigenvalue weighted by atomic mass is 35.5. The van der Waals surface area contributed by atoms with E-state index in [1.54, 1.807) is 18.2 Å². The molecule has 4 nitrogen and oxygen atoms in total. The molecule has 0 aromatic heterocycles. The second-order valence-corrected chi connectivity index (χ2v) is 3.13. The largest absolute Gasteiger partial charge is 0.398 e. The van der Waals surface area contributed by atoms with E-state index >= 15 is 0 Å². The molecule has 1 rings (SSSR count). The molecule has 4 N–H and O–H groups in total. The van der Waals surface area contributed by atoms with Crippen LogP contribution < -0.4 is 16.4 Å². The van der Waals surface area contributed by atoms with Crippen molar-refractivity contribution in [2.45, 2.75) is 6.92 Å². The lowest BCUT2D eigenvalue weighted by molar-refractivity contribution is 0.252. The lowest BCUT2D eigenvalue weighted by Gasteiger charge is -2.06. The van der Waals surface area contributed by atoms with Crippen molar-refractivity contribution in [1.29, 1.82) is 0 Å². The van der Waals surface area contributed by atoms with Gasteiger partial charge < -0.3 is 16.4 Å². The maximum atomic E-state index is 11.1. The Morgan fingerprint density at radius 2 is 2.29 bits per heavy atom. The Kier molecular flexibility index (Phi) is 3.59. The molecule has 1 aromatic carbocycles. The zero-order valence-corrected chi connectivity index (χ0v) is 8.56. The summed E-state index contributed by atoms with van der Waals surface area (Å²) in [5.41, 5.74) is 6.63. The SMILES string of the molecule is CCNC(=O)Nc1ccc(N)c(Cl)c1. The molecule has 0 bridgehead atoms. The van der Waals surface area contributed by atoms with Gasteiger partial charge in [-0.2, -0.15) is 0 Å². The van der Waals surface area contributed by atoms with E-state index in [4.69, 9.17) is 17.3 Å². The first kappa shape index (κ1) is 10.7. The number of anilines is 2. The van der Waals surface area contributed by atoms with Crippen LogP contribution in [0.3, 0.4) is 0 Å². The number of carbonyl (C=O) groups excluding carboxylic acids is 1. The standard InChI is InChI=1S/C9H12ClN3O/c1-2-12-9(14)13-6-3-4-8(11)7(10)5-6/h3-5H,2,11H2,1H3,(H2,12,13,14). The number of benzene rings is 1. The number of urea groups is 1. The van der Waals surface area contributed by atoms with Crippen LogP contribution in [-0.2, 0) is 0 Å². The summed E-state index contributed by atoms with van der Waals surface area (Å²) in [6.07, 6.45) is 0. The van der Waals surface area contributed by atoms with Gasteiger partial charge in [0.05, 0.1) is 10.7 Å². The van der Waals surface area contributed by atoms with Crippen molar-refractivity contribution in [1.82, 2.24) is 5.32 Å². The predicted molar refractivity (Wildman–Crippen MR) is 58.6 cm³/mol. The van der Waals surface area contributed by atoms with Crippen molar-refractivity contribution in [2.75, 3.05) is 17.6 Å². The number of halogens is 1. The molecule has 0 saturated heterocycles. The van der Waals surface area contributed by atoms with Gasteiger partial charge >= 0.3 is 6.03 Å². The number of nitrogens with two attached hydrogens (primary N) is 1. The lowest BCUT2D eigenvalue weighted by atomic mass is 10.3. The number of rotatable bonds is 2. The summed E-state index contributed by atoms with van der Waals surface area (Å²) in [6, 6.07) is 4.68. The molecular weight excluding hydrogens is 202 g/mol. The first-order chi connectivity index (χ1) is 6.63. The van der Waals surface area contributed by atoms with Crippen molar-refractivity contribution in [2.24, 2.45) is 0 Å². The van der Waals surface area contributed by atoms with Crippen LogP contribution in [0.2, 0.25) is 5.02 Å². The monoisotopic (exact) mass is 213 g/mol. The molecule has 5 heteroatoms. The predicted octanol–water partition coefficient (Wildman–Crippen LogP) is 2.06. The summed E-state index contributed by atoms with van der Waals surface area (Å²) in [6.45, 7) is 2.42. The van der Waals surface area contributed by atoms with E-state index in [2.05, 4.69) is 10.6 Å². The molecule has 0 aliphatic rings. The van der Waals surface area contributed by atoms with Gasteiger partial charge in [0, 0.05) is 12.2 Å². The number of hydrogen-bond donors (Lipinski definition) is 3. The van der Waals surface area contributed by atoms with Crippen LogP contribution in [0.25, 0.3) is 0 Å². The highest BCUT2D eigenvalue weighted by Gasteiger charge is 2.01. The first-order valence-corrected chi connectivity index (χ1v) is 4.61. The summed E-state index contributed by atoms with van der Waals surface area (Å²) in [5, 5.41) is 5.65. The third-order valence-corrected chi connectivity index (χ3v) is 1.92. The number of nitrogens with one attached hydrogen (secondary N) is 2. The summed E-state index contributed by atoms with van der Waals surface area (Å²) >= 11 is 5.78. The number of carbonyl (C=O) groups is 1. The van der Waals surface area contributed by atoms with Crippen molar-refractivity contribution < 1.29 is 4.79 Å². The van der Waals surface area contributed by atoms with Gasteiger partial charge in [0.15, 0.2) is 0 Å². The number of amides is 2. The van der Waals surface area contributed by atoms with Crippen LogP contribution in [0.15, 0.2) is 18.2 Å². The van der Waals surface area contributed by atoms with Crippen LogP contribution in [0, 0.1) is 0 Å². The molecule has 0 unspecified atom stereocenters. The highest BCUT2D eigenvalue weighted by molar-refractivity contribution is 6.33. The number of nitrogen functional groups attached to an aromatic ring is 1. The molecule has 2 amide bonds. The van der Waals surface area contributed by atoms with Crippen LogP contribution in [0.4, 0.5) is 16.2 Å². The summed E-state index contributed by atoms with van der Waals surface area (Å²) in [5.74, 6) is 0. The lowest BCUT2D eigenvalue weighted by Crippen LogP contribution is -2.28. The van der Waals surface area contributed by atoms with Crippen molar-refractivity contribution >= 4 is 29.0 Å². The van der Waals surface area contributed by atoms with E-state index in [1.807, 2.05) is 6.92 Å². The average Bonchev–Trinajstić information content (AvgIpc) is 2.12. The van der Waals surface area contributed by atoms with E-state index in [1.165, 1.54) is 0 Å². The molecule has 0 aliphatic carbocycles. The smallest absolute Gasteiger partial charge is 0.319 e. The minimum atomic E-state index is -0.256. The van der Waals surface area contributed by atoms with E-state index in [-0.39, 0.29) is 6.03 Å². The summed E-state index contributed by atoms with van der Waals surface area (Å²) < 4.78 is 0. The van der Waals surface area contributed by atoms with E-state index in [0.29, 0.717) is 22.9 Å². The molecule has 0 aliphatic heterocycles. The van der Waals surface area contributed by atoms with Crippen LogP contribution in [0.1, 0.15) is 6.92 Å². The second-order valence-electron chi connectivity index (χ2n) is 2.72. The molecule has 76 valence electrons. The highest BCUT2D eigenvalue weighted by Crippen LogP contribution is 2.22. The molecule has 0 heterocycles. The zero-order valence-electron chi connectivity index (χ0n) is 7.80. The van der Waals surface area contributed by atoms with E-state index in [0.717, 1.165) is 0 Å². The Balaban J connectivity index is 2.68. The van der Waals surface area contributed by atoms with Gasteiger partial charge in [-0.15, -0.1) is 0 Å². The fourth-order valence-corrected chi connectivity index (χ4v) is 1.12. The molecule has 0 spiro atoms. The molecule has 0 radical (unpaired) electrons. The molecule has 14 heavy (non-hydrogen) atoms. The first-order valence-electron chi connectivity index (χ1n) is 4.23. The fraction of sp³-hybridized carbons (Fsp3) is 0.222. The minimum Gasteiger partial charge on any atom is -0.398 e. The fourth-order valence-electron chi connectivity index (χ4n) is 0.941. The van der Waals surface area contributed by atoms with Gasteiger partial charge in [0.1, 0.15) is 0 Å². The van der Waals surface area contributed by atoms with Crippen molar-refractivity contribution in [3.8, 4) is 0 Å². The van der Waals surface area contributed by atoms with Crippen LogP contribution >= 0.6 is 11.6 Å². The quantitative estimate of drug-likeness (QED) is 0.659. The third kappa shape index (κ3) is 2.81. The zero-order chi connectivity index (χ0) is 10.6. The molecule has 1 aromatic rings. The maximum absolute atomic E-state index is 11.1. The van der Waals surface area contributed by atoms with Crippen LogP contribution in [-0.4, -0.2) is 12.6 Å². The maximum Gasteiger partial charge on any atom is 0.319 e. The average molecular weight is 214 g/mol. The Morgan fingerprint density at radius 1 is 1.57 bits per heavy atom. The Labute approximate surface area is 87.4 Å². The molecule has 0 fully saturated rings. The van der Waals surface area contributed by atoms with Gasteiger partial charge in [0.2, 0.25) is 0 Å². The molecule has 0 atom stereocenters. The number of hydrogen-bond acceptors (Lipinski definition) is 2. The normalized spacial score (nSPS) is 9.57. The van der Waals surface area contributed by atoms with Crippen LogP contribution in [0.5, 0.6) is 0 Å².